The predicted octanol–water partition coefficient (Wildman–Crippen LogP) is 3.78. The number of aromatic nitrogens is 1. The molecule has 2 aromatic heterocycles. The second-order valence-corrected chi connectivity index (χ2v) is 6.99. The van der Waals surface area contributed by atoms with Gasteiger partial charge < -0.3 is 15.0 Å². The number of hydrogen-bond donors (Lipinski definition) is 1. The Hall–Kier alpha value is -2.08. The van der Waals surface area contributed by atoms with Gasteiger partial charge in [0.25, 0.3) is 0 Å². The zero-order chi connectivity index (χ0) is 17.4. The van der Waals surface area contributed by atoms with Crippen LogP contribution in [0.4, 0.5) is 4.79 Å². The molecular formula is C18H25N3O2S. The lowest BCUT2D eigenvalue weighted by atomic mass is 10.2. The number of carbonyl (C=O) groups is 1. The third kappa shape index (κ3) is 6.20. The molecule has 1 atom stereocenters. The maximum absolute atomic E-state index is 12.5. The number of hydrogen-bond acceptors (Lipinski definition) is 4. The van der Waals surface area contributed by atoms with Crippen molar-refractivity contribution in [3.8, 4) is 5.75 Å². The molecule has 5 nitrogen and oxygen atoms in total. The molecule has 2 heterocycles. The van der Waals surface area contributed by atoms with Gasteiger partial charge in [0.05, 0.1) is 12.7 Å². The van der Waals surface area contributed by atoms with Gasteiger partial charge in [0.15, 0.2) is 0 Å². The average molecular weight is 347 g/mol. The van der Waals surface area contributed by atoms with Gasteiger partial charge in [-0.25, -0.2) is 4.79 Å². The van der Waals surface area contributed by atoms with Crippen LogP contribution in [-0.2, 0) is 6.54 Å². The molecule has 24 heavy (non-hydrogen) atoms. The van der Waals surface area contributed by atoms with Crippen LogP contribution in [-0.4, -0.2) is 35.1 Å². The second-order valence-electron chi connectivity index (χ2n) is 6.21. The molecule has 6 heteroatoms. The molecule has 0 aliphatic carbocycles. The first kappa shape index (κ1) is 18.3. The molecule has 0 fully saturated rings. The van der Waals surface area contributed by atoms with Gasteiger partial charge in [-0.15, -0.1) is 0 Å². The van der Waals surface area contributed by atoms with Crippen LogP contribution < -0.4 is 10.1 Å². The summed E-state index contributed by atoms with van der Waals surface area (Å²) in [6.07, 6.45) is 3.24. The standard InChI is InChI=1S/C18H25N3O2S/c1-14(2)11-21(12-16-6-8-24-13-16)18(22)20-9-15(3)23-17-5-4-7-19-10-17/h4-8,10,13-15H,9,11-12H2,1-3H3,(H,20,22)/t15-/m1/s1. The fraction of sp³-hybridized carbons (Fsp3) is 0.444. The van der Waals surface area contributed by atoms with Crippen molar-refractivity contribution < 1.29 is 9.53 Å². The van der Waals surface area contributed by atoms with Crippen LogP contribution in [0.1, 0.15) is 26.3 Å². The molecule has 0 aliphatic rings. The highest BCUT2D eigenvalue weighted by molar-refractivity contribution is 7.07. The number of rotatable bonds is 8. The number of nitrogens with zero attached hydrogens (tertiary/aromatic N) is 2. The molecule has 0 radical (unpaired) electrons. The SMILES string of the molecule is CC(C)CN(Cc1ccsc1)C(=O)NC[C@@H](C)Oc1cccnc1. The molecule has 0 aliphatic heterocycles. The molecular weight excluding hydrogens is 322 g/mol. The van der Waals surface area contributed by atoms with Gasteiger partial charge >= 0.3 is 6.03 Å². The van der Waals surface area contributed by atoms with E-state index in [-0.39, 0.29) is 12.1 Å². The lowest BCUT2D eigenvalue weighted by Gasteiger charge is -2.25. The summed E-state index contributed by atoms with van der Waals surface area (Å²) in [5, 5.41) is 7.08. The lowest BCUT2D eigenvalue weighted by Crippen LogP contribution is -2.44. The maximum atomic E-state index is 12.5. The maximum Gasteiger partial charge on any atom is 0.317 e. The van der Waals surface area contributed by atoms with Gasteiger partial charge in [-0.2, -0.15) is 11.3 Å². The lowest BCUT2D eigenvalue weighted by molar-refractivity contribution is 0.175. The summed E-state index contributed by atoms with van der Waals surface area (Å²) in [7, 11) is 0. The highest BCUT2D eigenvalue weighted by Crippen LogP contribution is 2.12. The Morgan fingerprint density at radius 3 is 2.83 bits per heavy atom. The van der Waals surface area contributed by atoms with Crippen LogP contribution in [0.2, 0.25) is 0 Å². The van der Waals surface area contributed by atoms with Gasteiger partial charge in [-0.05, 0) is 47.4 Å². The number of urea groups is 1. The summed E-state index contributed by atoms with van der Waals surface area (Å²) in [5.74, 6) is 1.12. The van der Waals surface area contributed by atoms with Crippen molar-refractivity contribution in [2.75, 3.05) is 13.1 Å². The minimum Gasteiger partial charge on any atom is -0.487 e. The Kier molecular flexibility index (Phi) is 7.06. The topological polar surface area (TPSA) is 54.5 Å². The molecule has 0 aromatic carbocycles. The van der Waals surface area contributed by atoms with Gasteiger partial charge in [-0.1, -0.05) is 13.8 Å². The predicted molar refractivity (Wildman–Crippen MR) is 97.3 cm³/mol. The van der Waals surface area contributed by atoms with E-state index in [1.807, 2.05) is 29.3 Å². The van der Waals surface area contributed by atoms with Gasteiger partial charge in [0.1, 0.15) is 11.9 Å². The Balaban J connectivity index is 1.84. The Labute approximate surface area is 147 Å². The summed E-state index contributed by atoms with van der Waals surface area (Å²) in [5.41, 5.74) is 1.16. The second kappa shape index (κ2) is 9.27. The van der Waals surface area contributed by atoms with Crippen LogP contribution in [0.25, 0.3) is 0 Å². The first-order chi connectivity index (χ1) is 11.5. The number of nitrogens with one attached hydrogen (secondary N) is 1. The van der Waals surface area contributed by atoms with E-state index in [1.54, 1.807) is 23.7 Å². The number of carbonyl (C=O) groups excluding carboxylic acids is 1. The van der Waals surface area contributed by atoms with Crippen molar-refractivity contribution >= 4 is 17.4 Å². The van der Waals surface area contributed by atoms with E-state index in [0.717, 1.165) is 12.1 Å². The Bertz CT molecular complexity index is 602. The highest BCUT2D eigenvalue weighted by atomic mass is 32.1. The zero-order valence-electron chi connectivity index (χ0n) is 14.4. The third-order valence-corrected chi connectivity index (χ3v) is 4.07. The van der Waals surface area contributed by atoms with Crippen molar-refractivity contribution in [2.45, 2.75) is 33.4 Å². The Morgan fingerprint density at radius 1 is 1.38 bits per heavy atom. The van der Waals surface area contributed by atoms with Gasteiger partial charge in [0, 0.05) is 19.3 Å². The van der Waals surface area contributed by atoms with Gasteiger partial charge in [-0.3, -0.25) is 4.98 Å². The van der Waals surface area contributed by atoms with E-state index in [2.05, 4.69) is 35.6 Å². The quantitative estimate of drug-likeness (QED) is 0.791. The molecule has 0 bridgehead atoms. The van der Waals surface area contributed by atoms with Crippen molar-refractivity contribution in [3.63, 3.8) is 0 Å². The van der Waals surface area contributed by atoms with Crippen molar-refractivity contribution in [2.24, 2.45) is 5.92 Å². The minimum atomic E-state index is -0.125. The van der Waals surface area contributed by atoms with Crippen molar-refractivity contribution in [3.05, 3.63) is 46.9 Å². The average Bonchev–Trinajstić information content (AvgIpc) is 3.05. The summed E-state index contributed by atoms with van der Waals surface area (Å²) in [4.78, 5) is 18.4. The molecule has 2 amide bonds. The number of thiophene rings is 1. The minimum absolute atomic E-state index is 0.0588. The van der Waals surface area contributed by atoms with Crippen LogP contribution in [0.15, 0.2) is 41.4 Å². The molecule has 0 spiro atoms. The number of pyridine rings is 1. The van der Waals surface area contributed by atoms with Crippen molar-refractivity contribution in [1.29, 1.82) is 0 Å². The summed E-state index contributed by atoms with van der Waals surface area (Å²) < 4.78 is 5.74. The molecule has 0 saturated heterocycles. The van der Waals surface area contributed by atoms with Crippen LogP contribution in [0, 0.1) is 5.92 Å². The van der Waals surface area contributed by atoms with Crippen LogP contribution in [0.3, 0.4) is 0 Å². The summed E-state index contributed by atoms with van der Waals surface area (Å²) in [6.45, 7) is 7.96. The number of amides is 2. The smallest absolute Gasteiger partial charge is 0.317 e. The van der Waals surface area contributed by atoms with E-state index in [4.69, 9.17) is 4.74 Å². The van der Waals surface area contributed by atoms with E-state index in [9.17, 15) is 4.79 Å². The fourth-order valence-electron chi connectivity index (χ4n) is 2.30. The summed E-state index contributed by atoms with van der Waals surface area (Å²) in [6, 6.07) is 5.68. The van der Waals surface area contributed by atoms with E-state index >= 15 is 0 Å². The normalized spacial score (nSPS) is 12.0. The Morgan fingerprint density at radius 2 is 2.21 bits per heavy atom. The van der Waals surface area contributed by atoms with Crippen LogP contribution in [0.5, 0.6) is 5.75 Å². The third-order valence-electron chi connectivity index (χ3n) is 3.34. The molecule has 1 N–H and O–H groups in total. The molecule has 0 unspecified atom stereocenters. The van der Waals surface area contributed by atoms with Crippen LogP contribution >= 0.6 is 11.3 Å². The zero-order valence-corrected chi connectivity index (χ0v) is 15.3. The van der Waals surface area contributed by atoms with Crippen molar-refractivity contribution in [1.82, 2.24) is 15.2 Å². The van der Waals surface area contributed by atoms with E-state index in [1.165, 1.54) is 0 Å². The molecule has 0 saturated carbocycles. The fourth-order valence-corrected chi connectivity index (χ4v) is 2.96. The first-order valence-electron chi connectivity index (χ1n) is 8.15. The monoisotopic (exact) mass is 347 g/mol. The largest absolute Gasteiger partial charge is 0.487 e. The molecule has 130 valence electrons. The highest BCUT2D eigenvalue weighted by Gasteiger charge is 2.16. The van der Waals surface area contributed by atoms with E-state index in [0.29, 0.717) is 24.8 Å². The van der Waals surface area contributed by atoms with E-state index < -0.39 is 0 Å². The molecule has 2 rings (SSSR count). The summed E-state index contributed by atoms with van der Waals surface area (Å²) >= 11 is 1.65. The van der Waals surface area contributed by atoms with Gasteiger partial charge in [0.2, 0.25) is 0 Å². The first-order valence-corrected chi connectivity index (χ1v) is 9.09. The molecule has 2 aromatic rings. The number of ether oxygens (including phenoxy) is 1.